The number of rotatable bonds is 7. The lowest BCUT2D eigenvalue weighted by atomic mass is 9.70. The van der Waals surface area contributed by atoms with Crippen LogP contribution in [0.1, 0.15) is 60.4 Å². The highest BCUT2D eigenvalue weighted by atomic mass is 16.5. The zero-order valence-electron chi connectivity index (χ0n) is 25.2. The van der Waals surface area contributed by atoms with Crippen molar-refractivity contribution in [3.05, 3.63) is 47.5 Å². The van der Waals surface area contributed by atoms with Gasteiger partial charge >= 0.3 is 0 Å². The summed E-state index contributed by atoms with van der Waals surface area (Å²) in [5.41, 5.74) is 12.3. The zero-order chi connectivity index (χ0) is 29.6. The number of fused-ring (bicyclic) bond motifs is 4. The molecule has 3 saturated carbocycles. The van der Waals surface area contributed by atoms with Crippen LogP contribution in [0.2, 0.25) is 0 Å². The number of carbonyl (C=O) groups excluding carboxylic acids is 2. The Morgan fingerprint density at radius 3 is 2.58 bits per heavy atom. The summed E-state index contributed by atoms with van der Waals surface area (Å²) in [6.45, 7) is 1.68. The van der Waals surface area contributed by atoms with Gasteiger partial charge in [-0.2, -0.15) is 0 Å². The first-order valence-electron chi connectivity index (χ1n) is 15.8. The van der Waals surface area contributed by atoms with E-state index in [1.807, 2.05) is 24.1 Å². The molecule has 224 valence electrons. The molecule has 1 saturated heterocycles. The number of hydrogen-bond donors (Lipinski definition) is 2. The first-order valence-corrected chi connectivity index (χ1v) is 15.8. The van der Waals surface area contributed by atoms with Gasteiger partial charge in [0.15, 0.2) is 5.82 Å². The van der Waals surface area contributed by atoms with Crippen LogP contribution >= 0.6 is 0 Å². The van der Waals surface area contributed by atoms with E-state index in [0.29, 0.717) is 29.1 Å². The summed E-state index contributed by atoms with van der Waals surface area (Å²) in [6, 6.07) is 12.8. The Hall–Kier alpha value is -3.85. The smallest absolute Gasteiger partial charge is 0.254 e. The molecule has 43 heavy (non-hydrogen) atoms. The molecule has 1 aliphatic heterocycles. The molecular weight excluding hydrogens is 540 g/mol. The number of amides is 2. The lowest BCUT2D eigenvalue weighted by Gasteiger charge is -2.35. The number of benzene rings is 2. The molecule has 0 spiro atoms. The average molecular weight is 581 g/mol. The standard InChI is InChI=1S/C34H40N6O3/c1-36-33(41)22-11-21(12-22)24-6-4-5-19-14-27(39(30(19)24)16-18-7-8-18)32-37-25-13-23(15-28(43-3)31(25)38(32)2)34(42)40-17-20-9-10-26(40)29(20)35/h4-6,13-15,18,20-22,26,29H,7-12,16-17,35H2,1-3H3,(H,36,41)/t20-,21?,22?,26-,29-/m1/s1. The van der Waals surface area contributed by atoms with E-state index in [9.17, 15) is 9.59 Å². The number of nitrogens with zero attached hydrogens (tertiary/aromatic N) is 4. The summed E-state index contributed by atoms with van der Waals surface area (Å²) in [5.74, 6) is 3.19. The van der Waals surface area contributed by atoms with Gasteiger partial charge in [0.2, 0.25) is 5.91 Å². The normalized spacial score (nSPS) is 26.3. The van der Waals surface area contributed by atoms with Crippen molar-refractivity contribution in [3.63, 3.8) is 0 Å². The first-order chi connectivity index (χ1) is 20.9. The Labute approximate surface area is 251 Å². The number of nitrogens with two attached hydrogens (primary N) is 1. The molecule has 8 rings (SSSR count). The third-order valence-electron chi connectivity index (χ3n) is 10.8. The molecular formula is C34H40N6O3. The van der Waals surface area contributed by atoms with Crippen LogP contribution in [-0.2, 0) is 18.4 Å². The molecule has 4 aliphatic rings. The van der Waals surface area contributed by atoms with Gasteiger partial charge in [-0.3, -0.25) is 9.59 Å². The number of likely N-dealkylation sites (tertiary alicyclic amines) is 1. The largest absolute Gasteiger partial charge is 0.494 e. The molecule has 3 N–H and O–H groups in total. The Balaban J connectivity index is 1.22. The summed E-state index contributed by atoms with van der Waals surface area (Å²) in [4.78, 5) is 33.1. The van der Waals surface area contributed by atoms with Gasteiger partial charge in [0.1, 0.15) is 11.3 Å². The van der Waals surface area contributed by atoms with Crippen LogP contribution in [0, 0.1) is 17.8 Å². The lowest BCUT2D eigenvalue weighted by molar-refractivity contribution is -0.127. The van der Waals surface area contributed by atoms with Crippen LogP contribution in [0.4, 0.5) is 0 Å². The maximum absolute atomic E-state index is 13.7. The van der Waals surface area contributed by atoms with Crippen molar-refractivity contribution in [2.75, 3.05) is 20.7 Å². The van der Waals surface area contributed by atoms with Gasteiger partial charge in [-0.25, -0.2) is 4.98 Å². The number of aryl methyl sites for hydroxylation is 1. The highest BCUT2D eigenvalue weighted by molar-refractivity contribution is 6.00. The molecule has 9 nitrogen and oxygen atoms in total. The summed E-state index contributed by atoms with van der Waals surface area (Å²) in [7, 11) is 5.41. The van der Waals surface area contributed by atoms with E-state index in [1.54, 1.807) is 14.2 Å². The zero-order valence-corrected chi connectivity index (χ0v) is 25.2. The highest BCUT2D eigenvalue weighted by Gasteiger charge is 2.47. The molecule has 2 aromatic heterocycles. The summed E-state index contributed by atoms with van der Waals surface area (Å²) < 4.78 is 10.5. The monoisotopic (exact) mass is 580 g/mol. The first kappa shape index (κ1) is 26.8. The SMILES string of the molecule is CNC(=O)C1CC(c2cccc3cc(-c4nc5cc(C(=O)N6C[C@H]7CC[C@@H]6[C@@H]7N)cc(OC)c5n4C)n(CC4CC4)c23)C1. The fourth-order valence-corrected chi connectivity index (χ4v) is 8.17. The van der Waals surface area contributed by atoms with E-state index < -0.39 is 0 Å². The maximum Gasteiger partial charge on any atom is 0.254 e. The van der Waals surface area contributed by atoms with Crippen molar-refractivity contribution in [2.45, 2.75) is 63.1 Å². The van der Waals surface area contributed by atoms with Crippen molar-refractivity contribution < 1.29 is 14.3 Å². The lowest BCUT2D eigenvalue weighted by Crippen LogP contribution is -2.41. The number of ether oxygens (including phenoxy) is 1. The van der Waals surface area contributed by atoms with Crippen molar-refractivity contribution in [1.82, 2.24) is 24.3 Å². The second kappa shape index (κ2) is 9.84. The number of imidazole rings is 1. The predicted octanol–water partition coefficient (Wildman–Crippen LogP) is 4.41. The number of hydrogen-bond acceptors (Lipinski definition) is 5. The summed E-state index contributed by atoms with van der Waals surface area (Å²) in [6.07, 6.45) is 6.33. The molecule has 3 atom stereocenters. The van der Waals surface area contributed by atoms with Crippen LogP contribution in [0.25, 0.3) is 33.5 Å². The van der Waals surface area contributed by atoms with E-state index in [0.717, 1.165) is 61.3 Å². The quantitative estimate of drug-likeness (QED) is 0.337. The number of carbonyl (C=O) groups is 2. The number of methoxy groups -OCH3 is 1. The van der Waals surface area contributed by atoms with Crippen LogP contribution < -0.4 is 15.8 Å². The van der Waals surface area contributed by atoms with Crippen LogP contribution in [0.15, 0.2) is 36.4 Å². The van der Waals surface area contributed by atoms with E-state index in [-0.39, 0.29) is 29.8 Å². The Morgan fingerprint density at radius 2 is 1.91 bits per heavy atom. The minimum atomic E-state index is 0.0121. The Kier molecular flexibility index (Phi) is 6.12. The molecule has 2 bridgehead atoms. The fourth-order valence-electron chi connectivity index (χ4n) is 8.17. The van der Waals surface area contributed by atoms with Gasteiger partial charge in [-0.1, -0.05) is 18.2 Å². The second-order valence-electron chi connectivity index (χ2n) is 13.3. The number of nitrogens with one attached hydrogen (secondary N) is 1. The maximum atomic E-state index is 13.7. The van der Waals surface area contributed by atoms with E-state index in [2.05, 4.69) is 38.7 Å². The van der Waals surface area contributed by atoms with Crippen LogP contribution in [-0.4, -0.2) is 63.6 Å². The number of aromatic nitrogens is 3. The third-order valence-corrected chi connectivity index (χ3v) is 10.8. The third kappa shape index (κ3) is 4.11. The fraction of sp³-hybridized carbons (Fsp3) is 0.500. The molecule has 2 aromatic carbocycles. The van der Waals surface area contributed by atoms with Gasteiger partial charge in [-0.05, 0) is 80.0 Å². The van der Waals surface area contributed by atoms with Crippen molar-refractivity contribution in [2.24, 2.45) is 30.5 Å². The van der Waals surface area contributed by atoms with E-state index in [1.165, 1.54) is 29.3 Å². The Bertz CT molecular complexity index is 1780. The van der Waals surface area contributed by atoms with E-state index >= 15 is 0 Å². The van der Waals surface area contributed by atoms with Gasteiger partial charge < -0.3 is 29.8 Å². The van der Waals surface area contributed by atoms with Crippen molar-refractivity contribution in [1.29, 1.82) is 0 Å². The molecule has 4 fully saturated rings. The molecule has 3 heterocycles. The Morgan fingerprint density at radius 1 is 1.09 bits per heavy atom. The van der Waals surface area contributed by atoms with Crippen molar-refractivity contribution in [3.8, 4) is 17.3 Å². The average Bonchev–Trinajstić information content (AvgIpc) is 3.38. The molecule has 3 aliphatic carbocycles. The summed E-state index contributed by atoms with van der Waals surface area (Å²) in [5, 5.41) is 4.02. The molecule has 2 amide bonds. The van der Waals surface area contributed by atoms with Crippen LogP contribution in [0.3, 0.4) is 0 Å². The minimum Gasteiger partial charge on any atom is -0.494 e. The minimum absolute atomic E-state index is 0.0121. The van der Waals surface area contributed by atoms with Gasteiger partial charge in [-0.15, -0.1) is 0 Å². The van der Waals surface area contributed by atoms with Crippen molar-refractivity contribution >= 4 is 33.8 Å². The molecule has 0 unspecified atom stereocenters. The topological polar surface area (TPSA) is 107 Å². The van der Waals surface area contributed by atoms with Gasteiger partial charge in [0.25, 0.3) is 5.91 Å². The molecule has 0 radical (unpaired) electrons. The van der Waals surface area contributed by atoms with Gasteiger partial charge in [0, 0.05) is 56.1 Å². The predicted molar refractivity (Wildman–Crippen MR) is 166 cm³/mol. The van der Waals surface area contributed by atoms with E-state index in [4.69, 9.17) is 15.5 Å². The summed E-state index contributed by atoms with van der Waals surface area (Å²) >= 11 is 0. The van der Waals surface area contributed by atoms with Crippen LogP contribution in [0.5, 0.6) is 5.75 Å². The highest BCUT2D eigenvalue weighted by Crippen LogP contribution is 2.46. The second-order valence-corrected chi connectivity index (χ2v) is 13.3. The number of piperidine rings is 1. The van der Waals surface area contributed by atoms with Gasteiger partial charge in [0.05, 0.1) is 23.8 Å². The molecule has 4 aromatic rings. The number of para-hydroxylation sites is 1. The molecule has 9 heteroatoms.